The van der Waals surface area contributed by atoms with Crippen molar-refractivity contribution in [3.8, 4) is 5.75 Å². The normalized spacial score (nSPS) is 16.4. The maximum absolute atomic E-state index is 12.8. The fourth-order valence-electron chi connectivity index (χ4n) is 2.58. The quantitative estimate of drug-likeness (QED) is 0.821. The van der Waals surface area contributed by atoms with Gasteiger partial charge in [0.2, 0.25) is 5.91 Å². The van der Waals surface area contributed by atoms with E-state index in [1.165, 1.54) is 22.7 Å². The van der Waals surface area contributed by atoms with Gasteiger partial charge >= 0.3 is 0 Å². The summed E-state index contributed by atoms with van der Waals surface area (Å²) in [5.74, 6) is 1.14. The van der Waals surface area contributed by atoms with Crippen molar-refractivity contribution < 1.29 is 14.3 Å². The summed E-state index contributed by atoms with van der Waals surface area (Å²) in [6.07, 6.45) is 0. The van der Waals surface area contributed by atoms with Crippen molar-refractivity contribution in [1.29, 1.82) is 0 Å². The summed E-state index contributed by atoms with van der Waals surface area (Å²) >= 11 is 13.5. The number of methoxy groups -OCH3 is 1. The molecule has 0 aliphatic carbocycles. The Morgan fingerprint density at radius 3 is 2.58 bits per heavy atom. The number of thioether (sulfide) groups is 1. The molecule has 5 nitrogen and oxygen atoms in total. The Morgan fingerprint density at radius 2 is 1.92 bits per heavy atom. The molecule has 3 rings (SSSR count). The van der Waals surface area contributed by atoms with Crippen molar-refractivity contribution in [3.05, 3.63) is 58.1 Å². The number of rotatable bonds is 4. The summed E-state index contributed by atoms with van der Waals surface area (Å²) in [6, 6.07) is 11.2. The molecule has 1 saturated heterocycles. The topological polar surface area (TPSA) is 58.6 Å². The third kappa shape index (κ3) is 4.09. The van der Waals surface area contributed by atoms with Gasteiger partial charge in [-0.1, -0.05) is 23.2 Å². The predicted molar refractivity (Wildman–Crippen MR) is 105 cm³/mol. The number of ether oxygens (including phenoxy) is 1. The zero-order valence-corrected chi connectivity index (χ0v) is 16.2. The first-order chi connectivity index (χ1) is 12.5. The van der Waals surface area contributed by atoms with Crippen molar-refractivity contribution in [2.45, 2.75) is 6.04 Å². The van der Waals surface area contributed by atoms with Crippen LogP contribution >= 0.6 is 35.0 Å². The number of benzene rings is 2. The number of halogens is 2. The second-order valence-electron chi connectivity index (χ2n) is 5.63. The molecule has 0 bridgehead atoms. The van der Waals surface area contributed by atoms with Crippen LogP contribution in [0, 0.1) is 0 Å². The summed E-state index contributed by atoms with van der Waals surface area (Å²) in [7, 11) is 1.58. The van der Waals surface area contributed by atoms with Gasteiger partial charge in [0.05, 0.1) is 23.6 Å². The molecule has 1 unspecified atom stereocenters. The smallest absolute Gasteiger partial charge is 0.256 e. The van der Waals surface area contributed by atoms with Crippen LogP contribution in [0.4, 0.5) is 5.69 Å². The van der Waals surface area contributed by atoms with E-state index in [0.717, 1.165) is 0 Å². The fraction of sp³-hybridized carbons (Fsp3) is 0.222. The van der Waals surface area contributed by atoms with Crippen molar-refractivity contribution in [2.24, 2.45) is 0 Å². The molecule has 1 fully saturated rings. The Hall–Kier alpha value is -1.89. The number of nitrogens with one attached hydrogen (secondary N) is 1. The highest BCUT2D eigenvalue weighted by Crippen LogP contribution is 2.28. The van der Waals surface area contributed by atoms with Crippen LogP contribution in [0.15, 0.2) is 42.5 Å². The second kappa shape index (κ2) is 8.20. The highest BCUT2D eigenvalue weighted by molar-refractivity contribution is 7.99. The molecule has 0 spiro atoms. The number of anilines is 1. The van der Waals surface area contributed by atoms with E-state index in [2.05, 4.69) is 5.32 Å². The number of nitrogens with zero attached hydrogens (tertiary/aromatic N) is 1. The van der Waals surface area contributed by atoms with Crippen LogP contribution in [0.3, 0.4) is 0 Å². The van der Waals surface area contributed by atoms with E-state index in [0.29, 0.717) is 33.7 Å². The molecule has 1 aliphatic rings. The summed E-state index contributed by atoms with van der Waals surface area (Å²) in [5, 5.41) is 3.57. The average molecular weight is 411 g/mol. The zero-order valence-electron chi connectivity index (χ0n) is 13.9. The lowest BCUT2D eigenvalue weighted by atomic mass is 10.1. The van der Waals surface area contributed by atoms with Crippen LogP contribution in [0.2, 0.25) is 10.0 Å². The molecule has 1 atom stereocenters. The standard InChI is InChI=1S/C18H16Cl2N2O3S/c1-25-13-5-3-12(4-6-13)21-17(23)16-9-26-10-22(16)18(24)14-7-2-11(19)8-15(14)20/h2-8,16H,9-10H2,1H3,(H,21,23). The Morgan fingerprint density at radius 1 is 1.19 bits per heavy atom. The molecule has 1 N–H and O–H groups in total. The van der Waals surface area contributed by atoms with Crippen LogP contribution in [0.1, 0.15) is 10.4 Å². The number of hydrogen-bond acceptors (Lipinski definition) is 4. The first kappa shape index (κ1) is 18.9. The largest absolute Gasteiger partial charge is 0.497 e. The van der Waals surface area contributed by atoms with Gasteiger partial charge in [-0.2, -0.15) is 0 Å². The van der Waals surface area contributed by atoms with Gasteiger partial charge in [0.15, 0.2) is 0 Å². The molecule has 0 aromatic heterocycles. The maximum Gasteiger partial charge on any atom is 0.256 e. The average Bonchev–Trinajstić information content (AvgIpc) is 3.12. The van der Waals surface area contributed by atoms with Gasteiger partial charge in [-0.15, -0.1) is 11.8 Å². The van der Waals surface area contributed by atoms with Crippen molar-refractivity contribution in [3.63, 3.8) is 0 Å². The fourth-order valence-corrected chi connectivity index (χ4v) is 4.22. The first-order valence-corrected chi connectivity index (χ1v) is 9.69. The van der Waals surface area contributed by atoms with Crippen LogP contribution in [-0.2, 0) is 4.79 Å². The van der Waals surface area contributed by atoms with Crippen molar-refractivity contribution in [2.75, 3.05) is 24.1 Å². The van der Waals surface area contributed by atoms with Gasteiger partial charge in [0.25, 0.3) is 5.91 Å². The van der Waals surface area contributed by atoms with Crippen molar-refractivity contribution in [1.82, 2.24) is 4.90 Å². The van der Waals surface area contributed by atoms with Crippen molar-refractivity contribution >= 4 is 52.5 Å². The van der Waals surface area contributed by atoms with Crippen LogP contribution < -0.4 is 10.1 Å². The summed E-state index contributed by atoms with van der Waals surface area (Å²) in [4.78, 5) is 27.0. The number of amides is 2. The molecule has 2 amide bonds. The van der Waals surface area contributed by atoms with E-state index in [4.69, 9.17) is 27.9 Å². The minimum atomic E-state index is -0.568. The van der Waals surface area contributed by atoms with E-state index < -0.39 is 6.04 Å². The predicted octanol–water partition coefficient (Wildman–Crippen LogP) is 4.16. The van der Waals surface area contributed by atoms with Gasteiger partial charge < -0.3 is 15.0 Å². The SMILES string of the molecule is COc1ccc(NC(=O)C2CSCN2C(=O)c2ccc(Cl)cc2Cl)cc1. The first-order valence-electron chi connectivity index (χ1n) is 7.78. The molecule has 136 valence electrons. The van der Waals surface area contributed by atoms with Gasteiger partial charge in [0, 0.05) is 16.5 Å². The molecule has 0 radical (unpaired) electrons. The van der Waals surface area contributed by atoms with Gasteiger partial charge in [0.1, 0.15) is 11.8 Å². The van der Waals surface area contributed by atoms with E-state index in [9.17, 15) is 9.59 Å². The lowest BCUT2D eigenvalue weighted by Gasteiger charge is -2.23. The molecule has 2 aromatic carbocycles. The van der Waals surface area contributed by atoms with E-state index in [1.54, 1.807) is 43.5 Å². The zero-order chi connectivity index (χ0) is 18.7. The number of hydrogen-bond donors (Lipinski definition) is 1. The van der Waals surface area contributed by atoms with E-state index in [-0.39, 0.29) is 16.8 Å². The van der Waals surface area contributed by atoms with Crippen LogP contribution in [0.25, 0.3) is 0 Å². The Kier molecular flexibility index (Phi) is 5.96. The van der Waals surface area contributed by atoms with Gasteiger partial charge in [-0.3, -0.25) is 9.59 Å². The number of carbonyl (C=O) groups excluding carboxylic acids is 2. The number of carbonyl (C=O) groups is 2. The molecular weight excluding hydrogens is 395 g/mol. The summed E-state index contributed by atoms with van der Waals surface area (Å²) < 4.78 is 5.10. The molecular formula is C18H16Cl2N2O3S. The third-order valence-electron chi connectivity index (χ3n) is 3.96. The minimum Gasteiger partial charge on any atom is -0.497 e. The maximum atomic E-state index is 12.8. The summed E-state index contributed by atoms with van der Waals surface area (Å²) in [6.45, 7) is 0. The van der Waals surface area contributed by atoms with Gasteiger partial charge in [-0.05, 0) is 42.5 Å². The monoisotopic (exact) mass is 410 g/mol. The van der Waals surface area contributed by atoms with Gasteiger partial charge in [-0.25, -0.2) is 0 Å². The highest BCUT2D eigenvalue weighted by Gasteiger charge is 2.35. The van der Waals surface area contributed by atoms with E-state index in [1.807, 2.05) is 0 Å². The Bertz CT molecular complexity index is 830. The lowest BCUT2D eigenvalue weighted by Crippen LogP contribution is -2.44. The Labute approximate surface area is 165 Å². The highest BCUT2D eigenvalue weighted by atomic mass is 35.5. The molecule has 1 aliphatic heterocycles. The Balaban J connectivity index is 1.74. The lowest BCUT2D eigenvalue weighted by molar-refractivity contribution is -0.119. The van der Waals surface area contributed by atoms with E-state index >= 15 is 0 Å². The summed E-state index contributed by atoms with van der Waals surface area (Å²) in [5.41, 5.74) is 0.977. The molecule has 0 saturated carbocycles. The molecule has 2 aromatic rings. The third-order valence-corrected chi connectivity index (χ3v) is 5.52. The molecule has 1 heterocycles. The molecule has 26 heavy (non-hydrogen) atoms. The van der Waals surface area contributed by atoms with Crippen LogP contribution in [-0.4, -0.2) is 41.5 Å². The minimum absolute atomic E-state index is 0.237. The molecule has 8 heteroatoms. The second-order valence-corrected chi connectivity index (χ2v) is 7.48. The van der Waals surface area contributed by atoms with Crippen LogP contribution in [0.5, 0.6) is 5.75 Å².